The monoisotopic (exact) mass is 212 g/mol. The molecule has 1 heterocycles. The van der Waals surface area contributed by atoms with E-state index >= 15 is 0 Å². The van der Waals surface area contributed by atoms with Crippen molar-refractivity contribution in [2.24, 2.45) is 5.73 Å². The molecule has 0 aliphatic carbocycles. The molecule has 1 rings (SSSR count). The highest BCUT2D eigenvalue weighted by Gasteiger charge is 2.29. The average Bonchev–Trinajstić information content (AvgIpc) is 2.28. The zero-order chi connectivity index (χ0) is 11.3. The van der Waals surface area contributed by atoms with Gasteiger partial charge in [-0.1, -0.05) is 6.08 Å². The van der Waals surface area contributed by atoms with E-state index in [0.717, 1.165) is 19.4 Å². The summed E-state index contributed by atoms with van der Waals surface area (Å²) in [7, 11) is 1.71. The molecular formula is C11H20N2O2. The van der Waals surface area contributed by atoms with E-state index < -0.39 is 0 Å². The van der Waals surface area contributed by atoms with Gasteiger partial charge >= 0.3 is 0 Å². The van der Waals surface area contributed by atoms with Crippen LogP contribution in [0.25, 0.3) is 0 Å². The normalized spacial score (nSPS) is 26.4. The van der Waals surface area contributed by atoms with Crippen LogP contribution in [-0.2, 0) is 9.53 Å². The lowest BCUT2D eigenvalue weighted by Crippen LogP contribution is -2.51. The number of hydrogen-bond donors (Lipinski definition) is 1. The fraction of sp³-hybridized carbons (Fsp3) is 0.727. The van der Waals surface area contributed by atoms with Crippen molar-refractivity contribution in [3.8, 4) is 0 Å². The van der Waals surface area contributed by atoms with E-state index in [1.54, 1.807) is 13.2 Å². The van der Waals surface area contributed by atoms with Crippen LogP contribution in [0, 0.1) is 0 Å². The van der Waals surface area contributed by atoms with Gasteiger partial charge in [-0.25, -0.2) is 0 Å². The highest BCUT2D eigenvalue weighted by atomic mass is 16.5. The molecule has 15 heavy (non-hydrogen) atoms. The topological polar surface area (TPSA) is 55.6 Å². The number of methoxy groups -OCH3 is 1. The maximum Gasteiger partial charge on any atom is 0.226 e. The second-order valence-corrected chi connectivity index (χ2v) is 3.85. The Kier molecular flexibility index (Phi) is 4.78. The van der Waals surface area contributed by atoms with Crippen LogP contribution >= 0.6 is 0 Å². The highest BCUT2D eigenvalue weighted by molar-refractivity contribution is 5.78. The zero-order valence-corrected chi connectivity index (χ0v) is 9.32. The van der Waals surface area contributed by atoms with Gasteiger partial charge in [-0.05, 0) is 12.8 Å². The van der Waals surface area contributed by atoms with E-state index in [0.29, 0.717) is 13.0 Å². The molecule has 0 aromatic heterocycles. The lowest BCUT2D eigenvalue weighted by Gasteiger charge is -2.38. The Balaban J connectivity index is 2.57. The second-order valence-electron chi connectivity index (χ2n) is 3.85. The first kappa shape index (κ1) is 12.2. The van der Waals surface area contributed by atoms with Gasteiger partial charge in [0.15, 0.2) is 0 Å². The Hall–Kier alpha value is -0.870. The van der Waals surface area contributed by atoms with Crippen LogP contribution in [0.5, 0.6) is 0 Å². The van der Waals surface area contributed by atoms with Crippen molar-refractivity contribution < 1.29 is 9.53 Å². The third-order valence-corrected chi connectivity index (χ3v) is 2.91. The van der Waals surface area contributed by atoms with Gasteiger partial charge in [0.1, 0.15) is 0 Å². The first-order chi connectivity index (χ1) is 7.22. The number of carbonyl (C=O) groups is 1. The maximum absolute atomic E-state index is 11.7. The van der Waals surface area contributed by atoms with Gasteiger partial charge < -0.3 is 15.4 Å². The largest absolute Gasteiger partial charge is 0.381 e. The molecule has 0 aromatic carbocycles. The van der Waals surface area contributed by atoms with Crippen LogP contribution in [0.1, 0.15) is 19.3 Å². The van der Waals surface area contributed by atoms with E-state index in [1.165, 1.54) is 0 Å². The predicted molar refractivity (Wildman–Crippen MR) is 59.4 cm³/mol. The maximum atomic E-state index is 11.7. The molecule has 1 aliphatic rings. The van der Waals surface area contributed by atoms with E-state index in [-0.39, 0.29) is 18.1 Å². The van der Waals surface area contributed by atoms with E-state index in [4.69, 9.17) is 10.5 Å². The minimum absolute atomic E-state index is 0.120. The lowest BCUT2D eigenvalue weighted by atomic mass is 9.99. The molecule has 1 fully saturated rings. The molecule has 2 N–H and O–H groups in total. The van der Waals surface area contributed by atoms with Crippen LogP contribution in [-0.4, -0.2) is 43.2 Å². The van der Waals surface area contributed by atoms with Crippen molar-refractivity contribution in [1.82, 2.24) is 4.90 Å². The third kappa shape index (κ3) is 3.04. The summed E-state index contributed by atoms with van der Waals surface area (Å²) >= 11 is 0. The first-order valence-corrected chi connectivity index (χ1v) is 5.36. The Labute approximate surface area is 91.1 Å². The highest BCUT2D eigenvalue weighted by Crippen LogP contribution is 2.19. The number of ether oxygens (including phenoxy) is 1. The quantitative estimate of drug-likeness (QED) is 0.691. The van der Waals surface area contributed by atoms with E-state index in [9.17, 15) is 4.79 Å². The van der Waals surface area contributed by atoms with Crippen molar-refractivity contribution in [2.75, 3.05) is 20.2 Å². The summed E-state index contributed by atoms with van der Waals surface area (Å²) in [6, 6.07) is 0.121. The smallest absolute Gasteiger partial charge is 0.226 e. The number of rotatable bonds is 4. The summed E-state index contributed by atoms with van der Waals surface area (Å²) in [5.41, 5.74) is 5.67. The van der Waals surface area contributed by atoms with Gasteiger partial charge in [-0.3, -0.25) is 4.79 Å². The van der Waals surface area contributed by atoms with Crippen molar-refractivity contribution in [1.29, 1.82) is 0 Å². The molecule has 0 radical (unpaired) electrons. The molecule has 4 heteroatoms. The number of piperidine rings is 1. The van der Waals surface area contributed by atoms with E-state index in [2.05, 4.69) is 6.58 Å². The summed E-state index contributed by atoms with van der Waals surface area (Å²) in [4.78, 5) is 13.6. The molecule has 1 aliphatic heterocycles. The summed E-state index contributed by atoms with van der Waals surface area (Å²) in [5.74, 6) is 0.120. The van der Waals surface area contributed by atoms with Gasteiger partial charge in [-0.15, -0.1) is 6.58 Å². The number of nitrogens with zero attached hydrogens (tertiary/aromatic N) is 1. The zero-order valence-electron chi connectivity index (χ0n) is 9.32. The minimum Gasteiger partial charge on any atom is -0.381 e. The van der Waals surface area contributed by atoms with Crippen LogP contribution < -0.4 is 5.73 Å². The molecule has 2 atom stereocenters. The van der Waals surface area contributed by atoms with Crippen molar-refractivity contribution in [2.45, 2.75) is 31.4 Å². The number of hydrogen-bond acceptors (Lipinski definition) is 3. The number of carbonyl (C=O) groups excluding carboxylic acids is 1. The van der Waals surface area contributed by atoms with Gasteiger partial charge in [0.05, 0.1) is 6.10 Å². The van der Waals surface area contributed by atoms with Crippen molar-refractivity contribution >= 4 is 5.91 Å². The Morgan fingerprint density at radius 2 is 2.47 bits per heavy atom. The number of nitrogens with two attached hydrogens (primary N) is 1. The Morgan fingerprint density at radius 1 is 1.73 bits per heavy atom. The summed E-state index contributed by atoms with van der Waals surface area (Å²) in [6.07, 6.45) is 4.02. The predicted octanol–water partition coefficient (Wildman–Crippen LogP) is 0.527. The number of likely N-dealkylation sites (tertiary alicyclic amines) is 1. The third-order valence-electron chi connectivity index (χ3n) is 2.91. The molecule has 0 aromatic rings. The number of amides is 1. The van der Waals surface area contributed by atoms with Gasteiger partial charge in [0.25, 0.3) is 0 Å². The standard InChI is InChI=1S/C11H20N2O2/c1-3-4-11(14)13-6-5-10(15-2)7-9(13)8-12/h3,9-10H,1,4-8,12H2,2H3. The Morgan fingerprint density at radius 3 is 3.00 bits per heavy atom. The van der Waals surface area contributed by atoms with Crippen LogP contribution in [0.4, 0.5) is 0 Å². The fourth-order valence-electron chi connectivity index (χ4n) is 2.02. The SMILES string of the molecule is C=CCC(=O)N1CCC(OC)CC1CN. The van der Waals surface area contributed by atoms with Gasteiger partial charge in [0, 0.05) is 32.7 Å². The van der Waals surface area contributed by atoms with Crippen LogP contribution in [0.3, 0.4) is 0 Å². The second kappa shape index (κ2) is 5.88. The van der Waals surface area contributed by atoms with Crippen LogP contribution in [0.2, 0.25) is 0 Å². The summed E-state index contributed by atoms with van der Waals surface area (Å²) in [6.45, 7) is 4.82. The lowest BCUT2D eigenvalue weighted by molar-refractivity contribution is -0.135. The molecule has 4 nitrogen and oxygen atoms in total. The molecule has 0 bridgehead atoms. The molecule has 1 amide bonds. The molecule has 2 unspecified atom stereocenters. The molecular weight excluding hydrogens is 192 g/mol. The van der Waals surface area contributed by atoms with Crippen molar-refractivity contribution in [3.05, 3.63) is 12.7 Å². The van der Waals surface area contributed by atoms with Gasteiger partial charge in [-0.2, -0.15) is 0 Å². The van der Waals surface area contributed by atoms with E-state index in [1.807, 2.05) is 4.90 Å². The summed E-state index contributed by atoms with van der Waals surface area (Å²) < 4.78 is 5.30. The van der Waals surface area contributed by atoms with Crippen LogP contribution in [0.15, 0.2) is 12.7 Å². The summed E-state index contributed by atoms with van der Waals surface area (Å²) in [5, 5.41) is 0. The van der Waals surface area contributed by atoms with Gasteiger partial charge in [0.2, 0.25) is 5.91 Å². The average molecular weight is 212 g/mol. The molecule has 86 valence electrons. The fourth-order valence-corrected chi connectivity index (χ4v) is 2.02. The molecule has 0 saturated carbocycles. The first-order valence-electron chi connectivity index (χ1n) is 5.36. The minimum atomic E-state index is 0.120. The Bertz CT molecular complexity index is 231. The van der Waals surface area contributed by atoms with Crippen molar-refractivity contribution in [3.63, 3.8) is 0 Å². The molecule has 0 spiro atoms. The molecule has 1 saturated heterocycles.